The van der Waals surface area contributed by atoms with Crippen molar-refractivity contribution in [2.24, 2.45) is 0 Å². The average molecular weight is 272 g/mol. The Kier molecular flexibility index (Phi) is 3.03. The molecule has 0 saturated carbocycles. The Balaban J connectivity index is 1.92. The van der Waals surface area contributed by atoms with Gasteiger partial charge in [-0.1, -0.05) is 41.9 Å². The fourth-order valence-electron chi connectivity index (χ4n) is 2.56. The third kappa shape index (κ3) is 2.24. The first-order valence-corrected chi connectivity index (χ1v) is 6.68. The van der Waals surface area contributed by atoms with Crippen LogP contribution < -0.4 is 5.32 Å². The second-order valence-corrected chi connectivity index (χ2v) is 5.35. The van der Waals surface area contributed by atoms with Crippen LogP contribution in [0.1, 0.15) is 22.6 Å². The van der Waals surface area contributed by atoms with Gasteiger partial charge in [-0.2, -0.15) is 0 Å². The highest BCUT2D eigenvalue weighted by Crippen LogP contribution is 2.36. The van der Waals surface area contributed by atoms with E-state index in [0.29, 0.717) is 6.42 Å². The van der Waals surface area contributed by atoms with Gasteiger partial charge in [0.25, 0.3) is 0 Å². The number of aryl methyl sites for hydroxylation is 1. The molecule has 2 aromatic rings. The smallest absolute Gasteiger partial charge is 0.232 e. The minimum Gasteiger partial charge on any atom is -0.325 e. The highest BCUT2D eigenvalue weighted by Gasteiger charge is 2.31. The van der Waals surface area contributed by atoms with Gasteiger partial charge in [-0.25, -0.2) is 0 Å². The number of carbonyl (C=O) groups excluding carboxylic acids is 1. The fraction of sp³-hybridized carbons (Fsp3) is 0.188. The predicted molar refractivity (Wildman–Crippen MR) is 77.7 cm³/mol. The molecule has 1 amide bonds. The van der Waals surface area contributed by atoms with Crippen molar-refractivity contribution in [3.63, 3.8) is 0 Å². The van der Waals surface area contributed by atoms with Crippen molar-refractivity contribution < 1.29 is 4.79 Å². The lowest BCUT2D eigenvalue weighted by Crippen LogP contribution is -2.14. The summed E-state index contributed by atoms with van der Waals surface area (Å²) in [4.78, 5) is 12.1. The van der Waals surface area contributed by atoms with E-state index in [-0.39, 0.29) is 11.8 Å². The van der Waals surface area contributed by atoms with Gasteiger partial charge in [-0.15, -0.1) is 0 Å². The summed E-state index contributed by atoms with van der Waals surface area (Å²) in [5.74, 6) is -0.0182. The molecule has 2 nitrogen and oxygen atoms in total. The molecule has 0 bridgehead atoms. The largest absolute Gasteiger partial charge is 0.325 e. The van der Waals surface area contributed by atoms with Crippen molar-refractivity contribution in [2.75, 3.05) is 5.32 Å². The number of para-hydroxylation sites is 1. The van der Waals surface area contributed by atoms with Crippen LogP contribution in [0.3, 0.4) is 0 Å². The Labute approximate surface area is 117 Å². The van der Waals surface area contributed by atoms with E-state index in [1.54, 1.807) is 0 Å². The van der Waals surface area contributed by atoms with Crippen molar-refractivity contribution in [1.82, 2.24) is 0 Å². The molecule has 1 aliphatic heterocycles. The molecule has 96 valence electrons. The summed E-state index contributed by atoms with van der Waals surface area (Å²) < 4.78 is 0. The second kappa shape index (κ2) is 4.71. The lowest BCUT2D eigenvalue weighted by Gasteiger charge is -2.09. The molecule has 0 aliphatic carbocycles. The van der Waals surface area contributed by atoms with Gasteiger partial charge < -0.3 is 5.32 Å². The molecule has 0 saturated heterocycles. The number of fused-ring (bicyclic) bond motifs is 1. The van der Waals surface area contributed by atoms with Crippen LogP contribution in [0.5, 0.6) is 0 Å². The summed E-state index contributed by atoms with van der Waals surface area (Å²) in [5, 5.41) is 3.70. The summed E-state index contributed by atoms with van der Waals surface area (Å²) in [5.41, 5.74) is 4.31. The number of anilines is 1. The van der Waals surface area contributed by atoms with Crippen molar-refractivity contribution in [1.29, 1.82) is 0 Å². The molecule has 1 aliphatic rings. The quantitative estimate of drug-likeness (QED) is 0.881. The van der Waals surface area contributed by atoms with E-state index in [0.717, 1.165) is 27.4 Å². The van der Waals surface area contributed by atoms with Crippen LogP contribution in [0.4, 0.5) is 5.69 Å². The molecule has 1 atom stereocenters. The first-order valence-electron chi connectivity index (χ1n) is 6.30. The van der Waals surface area contributed by atoms with Crippen LogP contribution in [-0.4, -0.2) is 5.91 Å². The summed E-state index contributed by atoms with van der Waals surface area (Å²) in [6, 6.07) is 13.7. The molecule has 3 heteroatoms. The van der Waals surface area contributed by atoms with Crippen LogP contribution >= 0.6 is 11.6 Å². The van der Waals surface area contributed by atoms with Crippen LogP contribution in [0, 0.1) is 6.92 Å². The number of halogens is 1. The third-order valence-corrected chi connectivity index (χ3v) is 3.85. The molecule has 1 N–H and O–H groups in total. The summed E-state index contributed by atoms with van der Waals surface area (Å²) in [7, 11) is 0. The van der Waals surface area contributed by atoms with Gasteiger partial charge in [0.2, 0.25) is 5.91 Å². The van der Waals surface area contributed by atoms with E-state index < -0.39 is 0 Å². The van der Waals surface area contributed by atoms with E-state index in [1.165, 1.54) is 0 Å². The summed E-state index contributed by atoms with van der Waals surface area (Å²) >= 11 is 5.88. The summed E-state index contributed by atoms with van der Waals surface area (Å²) in [6.45, 7) is 2.02. The van der Waals surface area contributed by atoms with E-state index >= 15 is 0 Å². The molecule has 2 aromatic carbocycles. The molecule has 0 radical (unpaired) electrons. The highest BCUT2D eigenvalue weighted by atomic mass is 35.5. The maximum Gasteiger partial charge on any atom is 0.232 e. The minimum atomic E-state index is -0.101. The van der Waals surface area contributed by atoms with Crippen molar-refractivity contribution in [3.05, 3.63) is 64.2 Å². The van der Waals surface area contributed by atoms with Gasteiger partial charge >= 0.3 is 0 Å². The Bertz CT molecular complexity index is 634. The van der Waals surface area contributed by atoms with Crippen molar-refractivity contribution in [2.45, 2.75) is 19.3 Å². The van der Waals surface area contributed by atoms with Gasteiger partial charge in [0, 0.05) is 10.7 Å². The van der Waals surface area contributed by atoms with Crippen molar-refractivity contribution >= 4 is 23.2 Å². The maximum atomic E-state index is 12.1. The Morgan fingerprint density at radius 2 is 1.89 bits per heavy atom. The van der Waals surface area contributed by atoms with Gasteiger partial charge in [-0.05, 0) is 42.2 Å². The molecule has 19 heavy (non-hydrogen) atoms. The second-order valence-electron chi connectivity index (χ2n) is 4.91. The zero-order valence-corrected chi connectivity index (χ0v) is 11.4. The number of nitrogens with one attached hydrogen (secondary N) is 1. The Morgan fingerprint density at radius 1 is 1.16 bits per heavy atom. The van der Waals surface area contributed by atoms with E-state index in [1.807, 2.05) is 49.4 Å². The topological polar surface area (TPSA) is 29.1 Å². The molecule has 0 unspecified atom stereocenters. The highest BCUT2D eigenvalue weighted by molar-refractivity contribution is 6.30. The van der Waals surface area contributed by atoms with Gasteiger partial charge in [0.15, 0.2) is 0 Å². The zero-order chi connectivity index (χ0) is 13.4. The number of amides is 1. The Morgan fingerprint density at radius 3 is 2.63 bits per heavy atom. The number of benzene rings is 2. The third-order valence-electron chi connectivity index (χ3n) is 3.60. The molecule has 3 rings (SSSR count). The predicted octanol–water partition coefficient (Wildman–Crippen LogP) is 3.93. The number of rotatable bonds is 2. The SMILES string of the molecule is Cc1cccc2c1NC(=O)[C@@H]2Cc1ccc(Cl)cc1. The lowest BCUT2D eigenvalue weighted by atomic mass is 9.92. The number of hydrogen-bond donors (Lipinski definition) is 1. The van der Waals surface area contributed by atoms with Crippen LogP contribution in [0.2, 0.25) is 5.02 Å². The van der Waals surface area contributed by atoms with Crippen LogP contribution in [0.15, 0.2) is 42.5 Å². The molecule has 0 fully saturated rings. The molecular formula is C16H14ClNO. The first kappa shape index (κ1) is 12.2. The monoisotopic (exact) mass is 271 g/mol. The van der Waals surface area contributed by atoms with Crippen LogP contribution in [0.25, 0.3) is 0 Å². The van der Waals surface area contributed by atoms with E-state index in [4.69, 9.17) is 11.6 Å². The Hall–Kier alpha value is -1.80. The normalized spacial score (nSPS) is 17.2. The maximum absolute atomic E-state index is 12.1. The summed E-state index contributed by atoms with van der Waals surface area (Å²) in [6.07, 6.45) is 0.708. The molecule has 1 heterocycles. The van der Waals surface area contributed by atoms with Gasteiger partial charge in [0.1, 0.15) is 0 Å². The standard InChI is InChI=1S/C16H14ClNO/c1-10-3-2-4-13-14(16(19)18-15(10)13)9-11-5-7-12(17)8-6-11/h2-8,14H,9H2,1H3,(H,18,19)/t14-/m1/s1. The zero-order valence-electron chi connectivity index (χ0n) is 10.6. The van der Waals surface area contributed by atoms with Crippen molar-refractivity contribution in [3.8, 4) is 0 Å². The average Bonchev–Trinajstić information content (AvgIpc) is 2.71. The van der Waals surface area contributed by atoms with Gasteiger partial charge in [0.05, 0.1) is 5.92 Å². The molecule has 0 spiro atoms. The van der Waals surface area contributed by atoms with E-state index in [2.05, 4.69) is 5.32 Å². The lowest BCUT2D eigenvalue weighted by molar-refractivity contribution is -0.117. The number of carbonyl (C=O) groups is 1. The van der Waals surface area contributed by atoms with Crippen LogP contribution in [-0.2, 0) is 11.2 Å². The fourth-order valence-corrected chi connectivity index (χ4v) is 2.69. The first-order chi connectivity index (χ1) is 9.15. The van der Waals surface area contributed by atoms with E-state index in [9.17, 15) is 4.79 Å². The van der Waals surface area contributed by atoms with Gasteiger partial charge in [-0.3, -0.25) is 4.79 Å². The number of hydrogen-bond acceptors (Lipinski definition) is 1. The minimum absolute atomic E-state index is 0.0826. The molecular weight excluding hydrogens is 258 g/mol. The molecule has 0 aromatic heterocycles.